The standard InChI is InChI=1S/C13H20ClNOS/c1-11(15-2)6-5-9-17(16)10-12-7-3-4-8-13(12)14/h3-4,7-8,11,15H,5-6,9-10H2,1-2H3. The summed E-state index contributed by atoms with van der Waals surface area (Å²) in [5.74, 6) is 1.31. The minimum absolute atomic E-state index is 0.493. The monoisotopic (exact) mass is 273 g/mol. The predicted octanol–water partition coefficient (Wildman–Crippen LogP) is 2.98. The van der Waals surface area contributed by atoms with Crippen LogP contribution in [0.1, 0.15) is 25.3 Å². The molecule has 2 unspecified atom stereocenters. The molecule has 1 rings (SSSR count). The zero-order chi connectivity index (χ0) is 12.7. The van der Waals surface area contributed by atoms with Crippen LogP contribution in [-0.4, -0.2) is 23.1 Å². The molecular formula is C13H20ClNOS. The molecule has 0 saturated heterocycles. The number of hydrogen-bond acceptors (Lipinski definition) is 2. The quantitative estimate of drug-likeness (QED) is 0.828. The van der Waals surface area contributed by atoms with Gasteiger partial charge >= 0.3 is 0 Å². The van der Waals surface area contributed by atoms with Gasteiger partial charge in [-0.1, -0.05) is 29.8 Å². The van der Waals surface area contributed by atoms with Crippen molar-refractivity contribution in [1.29, 1.82) is 0 Å². The Bertz CT molecular complexity index is 370. The third-order valence-electron chi connectivity index (χ3n) is 2.78. The van der Waals surface area contributed by atoms with Crippen molar-refractivity contribution >= 4 is 22.4 Å². The van der Waals surface area contributed by atoms with Gasteiger partial charge in [-0.05, 0) is 38.4 Å². The lowest BCUT2D eigenvalue weighted by Crippen LogP contribution is -2.21. The second-order valence-corrected chi connectivity index (χ2v) is 6.20. The Hall–Kier alpha value is -0.380. The molecule has 0 heterocycles. The maximum Gasteiger partial charge on any atom is 0.0500 e. The van der Waals surface area contributed by atoms with E-state index < -0.39 is 10.8 Å². The Morgan fingerprint density at radius 2 is 2.12 bits per heavy atom. The normalized spacial score (nSPS) is 14.5. The van der Waals surface area contributed by atoms with E-state index in [1.807, 2.05) is 31.3 Å². The predicted molar refractivity (Wildman–Crippen MR) is 75.9 cm³/mol. The first-order valence-corrected chi connectivity index (χ1v) is 7.75. The molecular weight excluding hydrogens is 254 g/mol. The minimum Gasteiger partial charge on any atom is -0.317 e. The lowest BCUT2D eigenvalue weighted by atomic mass is 10.2. The Morgan fingerprint density at radius 1 is 1.41 bits per heavy atom. The summed E-state index contributed by atoms with van der Waals surface area (Å²) in [6.45, 7) is 2.14. The number of hydrogen-bond donors (Lipinski definition) is 1. The zero-order valence-corrected chi connectivity index (χ0v) is 12.0. The Balaban J connectivity index is 2.33. The van der Waals surface area contributed by atoms with E-state index in [0.717, 1.165) is 24.2 Å². The summed E-state index contributed by atoms with van der Waals surface area (Å²) >= 11 is 6.03. The summed E-state index contributed by atoms with van der Waals surface area (Å²) in [7, 11) is 1.14. The first kappa shape index (κ1) is 14.7. The molecule has 0 aliphatic rings. The lowest BCUT2D eigenvalue weighted by Gasteiger charge is -2.09. The summed E-state index contributed by atoms with van der Waals surface area (Å²) in [6.07, 6.45) is 2.05. The molecule has 4 heteroatoms. The summed E-state index contributed by atoms with van der Waals surface area (Å²) in [6, 6.07) is 8.10. The highest BCUT2D eigenvalue weighted by molar-refractivity contribution is 7.84. The van der Waals surface area contributed by atoms with Crippen molar-refractivity contribution in [2.24, 2.45) is 0 Å². The van der Waals surface area contributed by atoms with E-state index in [1.165, 1.54) is 0 Å². The molecule has 96 valence electrons. The second kappa shape index (κ2) is 7.85. The van der Waals surface area contributed by atoms with E-state index in [2.05, 4.69) is 12.2 Å². The summed E-state index contributed by atoms with van der Waals surface area (Å²) in [5.41, 5.74) is 0.981. The molecule has 2 atom stereocenters. The molecule has 0 aromatic heterocycles. The number of benzene rings is 1. The minimum atomic E-state index is -0.812. The lowest BCUT2D eigenvalue weighted by molar-refractivity contribution is 0.557. The highest BCUT2D eigenvalue weighted by Gasteiger charge is 2.06. The molecule has 0 amide bonds. The Morgan fingerprint density at radius 3 is 2.76 bits per heavy atom. The van der Waals surface area contributed by atoms with E-state index in [0.29, 0.717) is 16.8 Å². The van der Waals surface area contributed by atoms with Crippen LogP contribution < -0.4 is 5.32 Å². The molecule has 0 fully saturated rings. The van der Waals surface area contributed by atoms with Crippen LogP contribution in [0.2, 0.25) is 5.02 Å². The van der Waals surface area contributed by atoms with Gasteiger partial charge in [-0.15, -0.1) is 0 Å². The number of halogens is 1. The van der Waals surface area contributed by atoms with Crippen molar-refractivity contribution in [1.82, 2.24) is 5.32 Å². The third kappa shape index (κ3) is 5.66. The van der Waals surface area contributed by atoms with Gasteiger partial charge < -0.3 is 5.32 Å². The molecule has 0 radical (unpaired) electrons. The van der Waals surface area contributed by atoms with Crippen molar-refractivity contribution in [3.63, 3.8) is 0 Å². The van der Waals surface area contributed by atoms with Crippen LogP contribution in [0.4, 0.5) is 0 Å². The smallest absolute Gasteiger partial charge is 0.0500 e. The van der Waals surface area contributed by atoms with Crippen LogP contribution in [-0.2, 0) is 16.6 Å². The van der Waals surface area contributed by atoms with Crippen LogP contribution >= 0.6 is 11.6 Å². The van der Waals surface area contributed by atoms with E-state index >= 15 is 0 Å². The topological polar surface area (TPSA) is 29.1 Å². The summed E-state index contributed by atoms with van der Waals surface area (Å²) < 4.78 is 11.9. The highest BCUT2D eigenvalue weighted by Crippen LogP contribution is 2.17. The van der Waals surface area contributed by atoms with Gasteiger partial charge in [-0.3, -0.25) is 4.21 Å². The van der Waals surface area contributed by atoms with Crippen LogP contribution in [0.3, 0.4) is 0 Å². The fourth-order valence-electron chi connectivity index (χ4n) is 1.56. The van der Waals surface area contributed by atoms with Crippen molar-refractivity contribution < 1.29 is 4.21 Å². The molecule has 1 N–H and O–H groups in total. The largest absolute Gasteiger partial charge is 0.317 e. The molecule has 0 spiro atoms. The molecule has 0 saturated carbocycles. The zero-order valence-electron chi connectivity index (χ0n) is 10.4. The van der Waals surface area contributed by atoms with Crippen molar-refractivity contribution in [3.05, 3.63) is 34.9 Å². The summed E-state index contributed by atoms with van der Waals surface area (Å²) in [4.78, 5) is 0. The third-order valence-corrected chi connectivity index (χ3v) is 4.52. The van der Waals surface area contributed by atoms with E-state index in [9.17, 15) is 4.21 Å². The molecule has 0 aliphatic carbocycles. The first-order chi connectivity index (χ1) is 8.13. The first-order valence-electron chi connectivity index (χ1n) is 5.89. The molecule has 1 aromatic rings. The van der Waals surface area contributed by atoms with Gasteiger partial charge in [0.1, 0.15) is 0 Å². The van der Waals surface area contributed by atoms with E-state index in [1.54, 1.807) is 0 Å². The molecule has 0 bridgehead atoms. The molecule has 0 aliphatic heterocycles. The van der Waals surface area contributed by atoms with Gasteiger partial charge in [0.15, 0.2) is 0 Å². The van der Waals surface area contributed by atoms with Crippen LogP contribution in [0.25, 0.3) is 0 Å². The number of nitrogens with one attached hydrogen (secondary N) is 1. The number of rotatable bonds is 7. The van der Waals surface area contributed by atoms with Gasteiger partial charge in [-0.2, -0.15) is 0 Å². The molecule has 1 aromatic carbocycles. The maximum atomic E-state index is 11.9. The fourth-order valence-corrected chi connectivity index (χ4v) is 3.07. The Labute approximate surface area is 111 Å². The van der Waals surface area contributed by atoms with Gasteiger partial charge in [0.05, 0.1) is 0 Å². The van der Waals surface area contributed by atoms with Gasteiger partial charge in [0.2, 0.25) is 0 Å². The van der Waals surface area contributed by atoms with Crippen LogP contribution in [0, 0.1) is 0 Å². The highest BCUT2D eigenvalue weighted by atomic mass is 35.5. The van der Waals surface area contributed by atoms with E-state index in [4.69, 9.17) is 11.6 Å². The SMILES string of the molecule is CNC(C)CCCS(=O)Cc1ccccc1Cl. The average molecular weight is 274 g/mol. The van der Waals surface area contributed by atoms with Crippen molar-refractivity contribution in [2.45, 2.75) is 31.6 Å². The van der Waals surface area contributed by atoms with Gasteiger partial charge in [0, 0.05) is 33.4 Å². The second-order valence-electron chi connectivity index (χ2n) is 4.21. The molecule has 17 heavy (non-hydrogen) atoms. The van der Waals surface area contributed by atoms with Crippen molar-refractivity contribution in [2.75, 3.05) is 12.8 Å². The fraction of sp³-hybridized carbons (Fsp3) is 0.538. The van der Waals surface area contributed by atoms with Crippen LogP contribution in [0.5, 0.6) is 0 Å². The van der Waals surface area contributed by atoms with E-state index in [-0.39, 0.29) is 0 Å². The van der Waals surface area contributed by atoms with Gasteiger partial charge in [-0.25, -0.2) is 0 Å². The van der Waals surface area contributed by atoms with Crippen molar-refractivity contribution in [3.8, 4) is 0 Å². The Kier molecular flexibility index (Phi) is 6.78. The average Bonchev–Trinajstić information content (AvgIpc) is 2.32. The van der Waals surface area contributed by atoms with Crippen LogP contribution in [0.15, 0.2) is 24.3 Å². The van der Waals surface area contributed by atoms with Gasteiger partial charge in [0.25, 0.3) is 0 Å². The maximum absolute atomic E-state index is 11.9. The summed E-state index contributed by atoms with van der Waals surface area (Å²) in [5, 5.41) is 3.89. The molecule has 2 nitrogen and oxygen atoms in total.